The average Bonchev–Trinajstić information content (AvgIpc) is 3.14. The van der Waals surface area contributed by atoms with Crippen LogP contribution in [0.5, 0.6) is 0 Å². The van der Waals surface area contributed by atoms with Crippen molar-refractivity contribution in [1.82, 2.24) is 14.5 Å². The number of rotatable bonds is 3. The van der Waals surface area contributed by atoms with E-state index >= 15 is 0 Å². The van der Waals surface area contributed by atoms with Gasteiger partial charge < -0.3 is 5.32 Å². The number of carbonyl (C=O) groups is 2. The van der Waals surface area contributed by atoms with Crippen molar-refractivity contribution in [3.05, 3.63) is 29.8 Å². The number of halogens is 3. The summed E-state index contributed by atoms with van der Waals surface area (Å²) in [6.07, 6.45) is -4.27. The Hall–Kier alpha value is -2.14. The SMILES string of the molecule is O=C1CNC(=O)N1C1CCN(S(=O)(=O)c2ccc(C(F)(F)F)cc2)C1. The summed E-state index contributed by atoms with van der Waals surface area (Å²) in [7, 11) is -4.00. The van der Waals surface area contributed by atoms with E-state index in [1.807, 2.05) is 0 Å². The molecule has 136 valence electrons. The third kappa shape index (κ3) is 3.21. The highest BCUT2D eigenvalue weighted by molar-refractivity contribution is 7.89. The summed E-state index contributed by atoms with van der Waals surface area (Å²) in [5.41, 5.74) is -0.940. The van der Waals surface area contributed by atoms with E-state index in [0.29, 0.717) is 12.1 Å². The van der Waals surface area contributed by atoms with Gasteiger partial charge in [-0.25, -0.2) is 13.2 Å². The molecule has 0 saturated carbocycles. The Balaban J connectivity index is 1.77. The highest BCUT2D eigenvalue weighted by atomic mass is 32.2. The predicted molar refractivity (Wildman–Crippen MR) is 78.9 cm³/mol. The normalized spacial score (nSPS) is 22.5. The summed E-state index contributed by atoms with van der Waals surface area (Å²) in [5, 5.41) is 2.36. The molecule has 0 spiro atoms. The van der Waals surface area contributed by atoms with Crippen molar-refractivity contribution in [1.29, 1.82) is 0 Å². The topological polar surface area (TPSA) is 86.8 Å². The van der Waals surface area contributed by atoms with E-state index in [0.717, 1.165) is 21.3 Å². The highest BCUT2D eigenvalue weighted by Crippen LogP contribution is 2.31. The molecule has 3 rings (SSSR count). The number of alkyl halides is 3. The van der Waals surface area contributed by atoms with E-state index in [-0.39, 0.29) is 31.0 Å². The van der Waals surface area contributed by atoms with Gasteiger partial charge >= 0.3 is 12.2 Å². The Morgan fingerprint density at radius 1 is 1.12 bits per heavy atom. The molecule has 0 aliphatic carbocycles. The molecular weight excluding hydrogens is 363 g/mol. The molecule has 0 aromatic heterocycles. The molecule has 1 N–H and O–H groups in total. The Morgan fingerprint density at radius 2 is 1.76 bits per heavy atom. The first kappa shape index (κ1) is 17.7. The fourth-order valence-electron chi connectivity index (χ4n) is 2.91. The number of hydrogen-bond donors (Lipinski definition) is 1. The molecule has 7 nitrogen and oxygen atoms in total. The van der Waals surface area contributed by atoms with Crippen LogP contribution in [0.4, 0.5) is 18.0 Å². The minimum atomic E-state index is -4.55. The maximum atomic E-state index is 12.6. The van der Waals surface area contributed by atoms with Crippen LogP contribution in [0.15, 0.2) is 29.2 Å². The largest absolute Gasteiger partial charge is 0.416 e. The number of carbonyl (C=O) groups excluding carboxylic acids is 2. The molecule has 0 bridgehead atoms. The van der Waals surface area contributed by atoms with Crippen molar-refractivity contribution in [2.75, 3.05) is 19.6 Å². The molecule has 1 atom stereocenters. The molecule has 2 saturated heterocycles. The fraction of sp³-hybridized carbons (Fsp3) is 0.429. The zero-order valence-corrected chi connectivity index (χ0v) is 13.6. The molecule has 0 radical (unpaired) electrons. The van der Waals surface area contributed by atoms with Crippen LogP contribution in [0.3, 0.4) is 0 Å². The van der Waals surface area contributed by atoms with Crippen LogP contribution in [0.25, 0.3) is 0 Å². The van der Waals surface area contributed by atoms with Gasteiger partial charge in [-0.2, -0.15) is 17.5 Å². The molecule has 3 amide bonds. The molecule has 2 heterocycles. The van der Waals surface area contributed by atoms with Crippen LogP contribution in [0.1, 0.15) is 12.0 Å². The number of amides is 3. The fourth-order valence-corrected chi connectivity index (χ4v) is 4.40. The van der Waals surface area contributed by atoms with Gasteiger partial charge in [0, 0.05) is 13.1 Å². The van der Waals surface area contributed by atoms with Gasteiger partial charge in [-0.05, 0) is 30.7 Å². The Kier molecular flexibility index (Phi) is 4.23. The van der Waals surface area contributed by atoms with Crippen LogP contribution in [0.2, 0.25) is 0 Å². The van der Waals surface area contributed by atoms with Crippen LogP contribution in [0, 0.1) is 0 Å². The van der Waals surface area contributed by atoms with Gasteiger partial charge in [-0.3, -0.25) is 9.69 Å². The molecule has 1 unspecified atom stereocenters. The van der Waals surface area contributed by atoms with Gasteiger partial charge in [0.1, 0.15) is 0 Å². The monoisotopic (exact) mass is 377 g/mol. The second kappa shape index (κ2) is 5.99. The maximum absolute atomic E-state index is 12.6. The Morgan fingerprint density at radius 3 is 2.28 bits per heavy atom. The van der Waals surface area contributed by atoms with E-state index in [1.165, 1.54) is 0 Å². The summed E-state index contributed by atoms with van der Waals surface area (Å²) >= 11 is 0. The number of sulfonamides is 1. The Labute approximate surface area is 141 Å². The minimum absolute atomic E-state index is 0.0745. The van der Waals surface area contributed by atoms with Crippen LogP contribution < -0.4 is 5.32 Å². The van der Waals surface area contributed by atoms with Gasteiger partial charge in [-0.1, -0.05) is 0 Å². The summed E-state index contributed by atoms with van der Waals surface area (Å²) in [6.45, 7) is -0.130. The summed E-state index contributed by atoms with van der Waals surface area (Å²) in [5.74, 6) is -0.427. The third-order valence-corrected chi connectivity index (χ3v) is 6.07. The zero-order valence-electron chi connectivity index (χ0n) is 12.8. The van der Waals surface area contributed by atoms with E-state index in [4.69, 9.17) is 0 Å². The standard InChI is InChI=1S/C14H14F3N3O4S/c15-14(16,17)9-1-3-11(4-2-9)25(23,24)19-6-5-10(8-19)20-12(21)7-18-13(20)22/h1-4,10H,5-8H2,(H,18,22). The lowest BCUT2D eigenvalue weighted by atomic mass is 10.2. The lowest BCUT2D eigenvalue weighted by Gasteiger charge is -2.21. The van der Waals surface area contributed by atoms with Gasteiger partial charge in [0.15, 0.2) is 0 Å². The number of nitrogens with zero attached hydrogens (tertiary/aromatic N) is 2. The van der Waals surface area contributed by atoms with Crippen molar-refractivity contribution < 1.29 is 31.2 Å². The maximum Gasteiger partial charge on any atom is 0.416 e. The third-order valence-electron chi connectivity index (χ3n) is 4.19. The Bertz CT molecular complexity index is 792. The van der Waals surface area contributed by atoms with E-state index in [2.05, 4.69) is 5.32 Å². The van der Waals surface area contributed by atoms with Gasteiger partial charge in [0.05, 0.1) is 23.0 Å². The molecular formula is C14H14F3N3O4S. The second-order valence-electron chi connectivity index (χ2n) is 5.75. The number of hydrogen-bond acceptors (Lipinski definition) is 4. The molecule has 1 aromatic rings. The van der Waals surface area contributed by atoms with E-state index < -0.39 is 39.7 Å². The smallest absolute Gasteiger partial charge is 0.329 e. The summed E-state index contributed by atoms with van der Waals surface area (Å²) < 4.78 is 63.9. The first-order valence-electron chi connectivity index (χ1n) is 7.38. The lowest BCUT2D eigenvalue weighted by molar-refractivity contribution is -0.137. The van der Waals surface area contributed by atoms with E-state index in [1.54, 1.807) is 0 Å². The number of nitrogens with one attached hydrogen (secondary N) is 1. The number of benzene rings is 1. The first-order chi connectivity index (χ1) is 11.6. The van der Waals surface area contributed by atoms with Crippen LogP contribution >= 0.6 is 0 Å². The quantitative estimate of drug-likeness (QED) is 0.797. The van der Waals surface area contributed by atoms with Gasteiger partial charge in [-0.15, -0.1) is 0 Å². The molecule has 11 heteroatoms. The molecule has 2 fully saturated rings. The summed E-state index contributed by atoms with van der Waals surface area (Å²) in [6, 6.07) is 2.07. The van der Waals surface area contributed by atoms with Crippen molar-refractivity contribution in [3.8, 4) is 0 Å². The lowest BCUT2D eigenvalue weighted by Crippen LogP contribution is -2.42. The predicted octanol–water partition coefficient (Wildman–Crippen LogP) is 1.02. The van der Waals surface area contributed by atoms with Crippen LogP contribution in [-0.4, -0.2) is 55.2 Å². The van der Waals surface area contributed by atoms with Crippen molar-refractivity contribution in [2.45, 2.75) is 23.5 Å². The average molecular weight is 377 g/mol. The first-order valence-corrected chi connectivity index (χ1v) is 8.82. The summed E-state index contributed by atoms with van der Waals surface area (Å²) in [4.78, 5) is 24.1. The van der Waals surface area contributed by atoms with Crippen LogP contribution in [-0.2, 0) is 21.0 Å². The minimum Gasteiger partial charge on any atom is -0.329 e. The molecule has 25 heavy (non-hydrogen) atoms. The van der Waals surface area contributed by atoms with Crippen molar-refractivity contribution >= 4 is 22.0 Å². The van der Waals surface area contributed by atoms with Crippen molar-refractivity contribution in [3.63, 3.8) is 0 Å². The number of urea groups is 1. The second-order valence-corrected chi connectivity index (χ2v) is 7.69. The zero-order chi connectivity index (χ0) is 18.4. The van der Waals surface area contributed by atoms with Gasteiger partial charge in [0.25, 0.3) is 0 Å². The molecule has 1 aromatic carbocycles. The van der Waals surface area contributed by atoms with Gasteiger partial charge in [0.2, 0.25) is 15.9 Å². The molecule has 2 aliphatic rings. The van der Waals surface area contributed by atoms with Crippen molar-refractivity contribution in [2.24, 2.45) is 0 Å². The van der Waals surface area contributed by atoms with E-state index in [9.17, 15) is 31.2 Å². The highest BCUT2D eigenvalue weighted by Gasteiger charge is 2.42. The number of imide groups is 1. The molecule has 2 aliphatic heterocycles.